The molecule has 0 amide bonds. The van der Waals surface area contributed by atoms with Gasteiger partial charge in [0.1, 0.15) is 0 Å². The molecule has 6 heteroatoms. The van der Waals surface area contributed by atoms with Crippen molar-refractivity contribution in [2.45, 2.75) is 149 Å². The number of hydrogen-bond acceptors (Lipinski definition) is 3. The topological polar surface area (TPSA) is 53.2 Å². The number of nitrogens with zero attached hydrogens (tertiary/aromatic N) is 2. The van der Waals surface area contributed by atoms with Crippen LogP contribution in [0.4, 0.5) is 0 Å². The average Bonchev–Trinajstić information content (AvgIpc) is 3.53. The van der Waals surface area contributed by atoms with Gasteiger partial charge in [0.25, 0.3) is 11.1 Å². The Kier molecular flexibility index (Phi) is 8.83. The zero-order valence-corrected chi connectivity index (χ0v) is 31.4. The molecule has 2 heterocycles. The first-order valence-electron chi connectivity index (χ1n) is 18.4. The molecule has 3 fully saturated rings. The summed E-state index contributed by atoms with van der Waals surface area (Å²) in [5.74, 6) is 1.36. The van der Waals surface area contributed by atoms with Gasteiger partial charge in [0.15, 0.2) is 8.32 Å². The first-order chi connectivity index (χ1) is 21.6. The van der Waals surface area contributed by atoms with E-state index in [-0.39, 0.29) is 46.2 Å². The molecule has 4 aliphatic rings. The van der Waals surface area contributed by atoms with Crippen LogP contribution >= 0.6 is 0 Å². The van der Waals surface area contributed by atoms with Crippen LogP contribution in [0.25, 0.3) is 10.8 Å². The minimum absolute atomic E-state index is 0.00254. The Balaban J connectivity index is 1.60. The normalized spacial score (nSPS) is 32.0. The summed E-state index contributed by atoms with van der Waals surface area (Å²) in [5, 5.41) is 1.24. The molecule has 3 saturated carbocycles. The van der Waals surface area contributed by atoms with Crippen molar-refractivity contribution in [3.63, 3.8) is 0 Å². The van der Waals surface area contributed by atoms with Crippen molar-refractivity contribution in [3.8, 4) is 0 Å². The van der Waals surface area contributed by atoms with Gasteiger partial charge in [-0.05, 0) is 117 Å². The van der Waals surface area contributed by atoms with Crippen molar-refractivity contribution in [1.82, 2.24) is 9.36 Å². The molecule has 0 saturated heterocycles. The van der Waals surface area contributed by atoms with E-state index in [1.54, 1.807) is 5.57 Å². The maximum absolute atomic E-state index is 14.8. The highest BCUT2D eigenvalue weighted by molar-refractivity contribution is 6.74. The molecule has 0 bridgehead atoms. The highest BCUT2D eigenvalue weighted by Gasteiger charge is 2.52. The van der Waals surface area contributed by atoms with E-state index >= 15 is 0 Å². The predicted molar refractivity (Wildman–Crippen MR) is 194 cm³/mol. The van der Waals surface area contributed by atoms with Gasteiger partial charge in [0, 0.05) is 12.0 Å². The number of aromatic nitrogens is 2. The maximum Gasteiger partial charge on any atom is 0.273 e. The number of allylic oxidation sites excluding steroid dienone is 4. The average molecular weight is 645 g/mol. The van der Waals surface area contributed by atoms with E-state index in [2.05, 4.69) is 74.6 Å². The van der Waals surface area contributed by atoms with Gasteiger partial charge in [-0.1, -0.05) is 84.2 Å². The number of rotatable bonds is 6. The molecule has 0 radical (unpaired) electrons. The third kappa shape index (κ3) is 5.57. The highest BCUT2D eigenvalue weighted by Crippen LogP contribution is 2.59. The van der Waals surface area contributed by atoms with Gasteiger partial charge < -0.3 is 4.43 Å². The Hall–Kier alpha value is -2.18. The molecule has 1 aliphatic heterocycles. The first-order valence-corrected chi connectivity index (χ1v) is 21.3. The fraction of sp³-hybridized carbons (Fsp3) is 0.700. The van der Waals surface area contributed by atoms with Crippen LogP contribution in [0.2, 0.25) is 18.1 Å². The van der Waals surface area contributed by atoms with Crippen LogP contribution in [0.3, 0.4) is 0 Å². The zero-order valence-electron chi connectivity index (χ0n) is 30.4. The third-order valence-electron chi connectivity index (χ3n) is 13.2. The molecule has 7 unspecified atom stereocenters. The van der Waals surface area contributed by atoms with E-state index in [1.807, 2.05) is 33.6 Å². The van der Waals surface area contributed by atoms with Crippen LogP contribution in [0.15, 0.2) is 56.6 Å². The lowest BCUT2D eigenvalue weighted by Gasteiger charge is -2.44. The Morgan fingerprint density at radius 3 is 2.24 bits per heavy atom. The van der Waals surface area contributed by atoms with E-state index < -0.39 is 8.32 Å². The number of benzene rings is 1. The summed E-state index contributed by atoms with van der Waals surface area (Å²) >= 11 is 0. The van der Waals surface area contributed by atoms with Crippen LogP contribution in [0.1, 0.15) is 125 Å². The van der Waals surface area contributed by atoms with E-state index in [4.69, 9.17) is 4.43 Å². The molecule has 7 atom stereocenters. The van der Waals surface area contributed by atoms with Gasteiger partial charge in [-0.15, -0.1) is 0 Å². The molecule has 0 spiro atoms. The molecule has 2 aromatic rings. The van der Waals surface area contributed by atoms with Crippen molar-refractivity contribution >= 4 is 19.1 Å². The molecule has 5 nitrogen and oxygen atoms in total. The van der Waals surface area contributed by atoms with Crippen LogP contribution in [-0.4, -0.2) is 23.8 Å². The van der Waals surface area contributed by atoms with Gasteiger partial charge >= 0.3 is 0 Å². The number of hydrogen-bond donors (Lipinski definition) is 0. The van der Waals surface area contributed by atoms with Crippen molar-refractivity contribution in [2.75, 3.05) is 0 Å². The summed E-state index contributed by atoms with van der Waals surface area (Å²) in [6.07, 6.45) is 12.7. The lowest BCUT2D eigenvalue weighted by Crippen LogP contribution is -2.46. The van der Waals surface area contributed by atoms with Crippen molar-refractivity contribution in [2.24, 2.45) is 29.1 Å². The summed E-state index contributed by atoms with van der Waals surface area (Å²) in [7, 11) is -2.00. The maximum atomic E-state index is 14.8. The molecule has 3 aliphatic carbocycles. The minimum atomic E-state index is -2.00. The van der Waals surface area contributed by atoms with Crippen molar-refractivity contribution in [1.29, 1.82) is 0 Å². The second kappa shape index (κ2) is 12.1. The largest absolute Gasteiger partial charge is 0.414 e. The van der Waals surface area contributed by atoms with Crippen LogP contribution in [-0.2, 0) is 4.43 Å². The van der Waals surface area contributed by atoms with E-state index in [1.165, 1.54) is 43.3 Å². The molecule has 1 aromatic carbocycles. The van der Waals surface area contributed by atoms with Gasteiger partial charge in [0.05, 0.1) is 22.9 Å². The first kappa shape index (κ1) is 33.7. The second-order valence-electron chi connectivity index (χ2n) is 17.6. The smallest absolute Gasteiger partial charge is 0.273 e. The second-order valence-corrected chi connectivity index (χ2v) is 22.4. The van der Waals surface area contributed by atoms with E-state index in [0.717, 1.165) is 25.7 Å². The molecule has 252 valence electrons. The molecular formula is C40H60N2O3Si. The SMILES string of the molecule is C/C(=C\C(C)C)C(C)/C(=C1/CCCC2(C)CCCC12)C1C2CC(O[Si](C)(C)C(C)(C)C)CCC2n2c(=O)c3ccccc3c(=O)n21. The summed E-state index contributed by atoms with van der Waals surface area (Å²) in [5.41, 5.74) is 4.79. The minimum Gasteiger partial charge on any atom is -0.414 e. The summed E-state index contributed by atoms with van der Waals surface area (Å²) in [6.45, 7) is 23.4. The zero-order chi connectivity index (χ0) is 33.3. The van der Waals surface area contributed by atoms with E-state index in [0.29, 0.717) is 28.0 Å². The summed E-state index contributed by atoms with van der Waals surface area (Å²) in [4.78, 5) is 29.2. The molecule has 0 N–H and O–H groups in total. The van der Waals surface area contributed by atoms with Gasteiger partial charge in [-0.2, -0.15) is 0 Å². The monoisotopic (exact) mass is 644 g/mol. The van der Waals surface area contributed by atoms with Crippen LogP contribution < -0.4 is 11.1 Å². The lowest BCUT2D eigenvalue weighted by atomic mass is 9.63. The Morgan fingerprint density at radius 1 is 0.978 bits per heavy atom. The standard InChI is InChI=1S/C40H60N2O3Si/c1-25(2)23-26(3)27(4)35(31-17-13-21-40(8)22-14-18-33(31)40)36-32-24-28(45-46(9,10)39(5,6)7)19-20-34(32)41-37(43)29-15-11-12-16-30(29)38(44)42(36)41/h11-12,15-16,23,25,27-28,32-34,36H,13-14,17-22,24H2,1-10H3/b26-23+,35-31+. The predicted octanol–water partition coefficient (Wildman–Crippen LogP) is 9.97. The Bertz CT molecular complexity index is 1670. The number of fused-ring (bicyclic) bond motifs is 5. The molecule has 46 heavy (non-hydrogen) atoms. The lowest BCUT2D eigenvalue weighted by molar-refractivity contribution is 0.0837. The van der Waals surface area contributed by atoms with Crippen LogP contribution in [0, 0.1) is 29.1 Å². The fourth-order valence-electron chi connectivity index (χ4n) is 9.87. The third-order valence-corrected chi connectivity index (χ3v) is 17.8. The van der Waals surface area contributed by atoms with Crippen molar-refractivity contribution < 1.29 is 4.43 Å². The summed E-state index contributed by atoms with van der Waals surface area (Å²) in [6, 6.07) is 7.39. The van der Waals surface area contributed by atoms with E-state index in [9.17, 15) is 9.59 Å². The van der Waals surface area contributed by atoms with Gasteiger partial charge in [-0.3, -0.25) is 9.59 Å². The Morgan fingerprint density at radius 2 is 1.61 bits per heavy atom. The Labute approximate surface area is 278 Å². The summed E-state index contributed by atoms with van der Waals surface area (Å²) < 4.78 is 11.1. The van der Waals surface area contributed by atoms with Crippen LogP contribution in [0.5, 0.6) is 0 Å². The highest BCUT2D eigenvalue weighted by atomic mass is 28.4. The quantitative estimate of drug-likeness (QED) is 0.232. The van der Waals surface area contributed by atoms with Gasteiger partial charge in [-0.25, -0.2) is 9.36 Å². The van der Waals surface area contributed by atoms with Crippen molar-refractivity contribution in [3.05, 3.63) is 67.8 Å². The molecule has 1 aromatic heterocycles. The van der Waals surface area contributed by atoms with Gasteiger partial charge in [0.2, 0.25) is 0 Å². The molecular weight excluding hydrogens is 585 g/mol. The fourth-order valence-corrected chi connectivity index (χ4v) is 11.3. The molecule has 6 rings (SSSR count).